The molecule has 1 amide bonds. The molecule has 4 nitrogen and oxygen atoms in total. The summed E-state index contributed by atoms with van der Waals surface area (Å²) in [5, 5.41) is 2.90. The van der Waals surface area contributed by atoms with Gasteiger partial charge in [0, 0.05) is 25.2 Å². The van der Waals surface area contributed by atoms with Crippen LogP contribution in [0.25, 0.3) is 0 Å². The Labute approximate surface area is 106 Å². The van der Waals surface area contributed by atoms with Crippen molar-refractivity contribution in [3.63, 3.8) is 0 Å². The van der Waals surface area contributed by atoms with Crippen molar-refractivity contribution in [1.29, 1.82) is 0 Å². The van der Waals surface area contributed by atoms with Crippen LogP contribution >= 0.6 is 0 Å². The smallest absolute Gasteiger partial charge is 0.236 e. The molecule has 0 aromatic rings. The van der Waals surface area contributed by atoms with Crippen LogP contribution in [-0.4, -0.2) is 42.0 Å². The van der Waals surface area contributed by atoms with Gasteiger partial charge in [-0.1, -0.05) is 13.3 Å². The molecular formula is C13H29N3O. The van der Waals surface area contributed by atoms with Crippen LogP contribution < -0.4 is 11.1 Å². The van der Waals surface area contributed by atoms with Crippen molar-refractivity contribution in [2.75, 3.05) is 13.1 Å². The van der Waals surface area contributed by atoms with Crippen LogP contribution in [0.15, 0.2) is 0 Å². The van der Waals surface area contributed by atoms with Gasteiger partial charge >= 0.3 is 0 Å². The van der Waals surface area contributed by atoms with E-state index >= 15 is 0 Å². The fourth-order valence-electron chi connectivity index (χ4n) is 1.99. The number of amides is 1. The lowest BCUT2D eigenvalue weighted by Crippen LogP contribution is -2.46. The molecule has 0 aromatic heterocycles. The number of hydrogen-bond donors (Lipinski definition) is 2. The minimum atomic E-state index is -0.355. The SMILES string of the molecule is CCCC(N)C(=O)NCCN(C(C)C)C(C)C. The zero-order valence-electron chi connectivity index (χ0n) is 12.0. The first-order valence-corrected chi connectivity index (χ1v) is 6.69. The van der Waals surface area contributed by atoms with Crippen molar-refractivity contribution < 1.29 is 4.79 Å². The number of carbonyl (C=O) groups excluding carboxylic acids is 1. The second-order valence-corrected chi connectivity index (χ2v) is 5.11. The van der Waals surface area contributed by atoms with E-state index in [-0.39, 0.29) is 11.9 Å². The summed E-state index contributed by atoms with van der Waals surface area (Å²) in [7, 11) is 0. The van der Waals surface area contributed by atoms with Gasteiger partial charge in [0.2, 0.25) is 5.91 Å². The van der Waals surface area contributed by atoms with Crippen molar-refractivity contribution in [3.8, 4) is 0 Å². The first kappa shape index (κ1) is 16.4. The predicted octanol–water partition coefficient (Wildman–Crippen LogP) is 1.35. The summed E-state index contributed by atoms with van der Waals surface area (Å²) < 4.78 is 0. The van der Waals surface area contributed by atoms with Crippen LogP contribution in [-0.2, 0) is 4.79 Å². The topological polar surface area (TPSA) is 58.4 Å². The molecule has 4 heteroatoms. The van der Waals surface area contributed by atoms with Gasteiger partial charge in [-0.3, -0.25) is 9.69 Å². The third-order valence-electron chi connectivity index (χ3n) is 2.93. The highest BCUT2D eigenvalue weighted by Gasteiger charge is 2.15. The Morgan fingerprint density at radius 1 is 1.24 bits per heavy atom. The van der Waals surface area contributed by atoms with Gasteiger partial charge in [-0.25, -0.2) is 0 Å². The zero-order valence-corrected chi connectivity index (χ0v) is 12.0. The molecule has 0 fully saturated rings. The molecule has 0 aromatic carbocycles. The standard InChI is InChI=1S/C13H29N3O/c1-6-7-12(14)13(17)15-8-9-16(10(2)3)11(4)5/h10-12H,6-9,14H2,1-5H3,(H,15,17). The number of hydrogen-bond acceptors (Lipinski definition) is 3. The highest BCUT2D eigenvalue weighted by atomic mass is 16.2. The van der Waals surface area contributed by atoms with Crippen molar-refractivity contribution in [3.05, 3.63) is 0 Å². The zero-order chi connectivity index (χ0) is 13.4. The van der Waals surface area contributed by atoms with Crippen LogP contribution in [0, 0.1) is 0 Å². The number of rotatable bonds is 8. The maximum Gasteiger partial charge on any atom is 0.236 e. The van der Waals surface area contributed by atoms with E-state index in [0.29, 0.717) is 18.6 Å². The summed E-state index contributed by atoms with van der Waals surface area (Å²) >= 11 is 0. The van der Waals surface area contributed by atoms with Gasteiger partial charge in [-0.15, -0.1) is 0 Å². The Kier molecular flexibility index (Phi) is 8.17. The van der Waals surface area contributed by atoms with Gasteiger partial charge in [0.15, 0.2) is 0 Å². The van der Waals surface area contributed by atoms with Crippen molar-refractivity contribution >= 4 is 5.91 Å². The van der Waals surface area contributed by atoms with E-state index < -0.39 is 0 Å². The summed E-state index contributed by atoms with van der Waals surface area (Å²) in [6.45, 7) is 12.3. The molecule has 3 N–H and O–H groups in total. The summed E-state index contributed by atoms with van der Waals surface area (Å²) in [4.78, 5) is 14.0. The summed E-state index contributed by atoms with van der Waals surface area (Å²) in [5.41, 5.74) is 5.74. The van der Waals surface area contributed by atoms with Gasteiger partial charge in [0.25, 0.3) is 0 Å². The average molecular weight is 243 g/mol. The summed E-state index contributed by atoms with van der Waals surface area (Å²) in [6.07, 6.45) is 1.70. The molecule has 17 heavy (non-hydrogen) atoms. The summed E-state index contributed by atoms with van der Waals surface area (Å²) in [6, 6.07) is 0.638. The summed E-state index contributed by atoms with van der Waals surface area (Å²) in [5.74, 6) is -0.0284. The molecule has 0 aliphatic rings. The third kappa shape index (κ3) is 6.64. The van der Waals surface area contributed by atoms with E-state index in [1.807, 2.05) is 6.92 Å². The van der Waals surface area contributed by atoms with E-state index in [1.54, 1.807) is 0 Å². The highest BCUT2D eigenvalue weighted by Crippen LogP contribution is 2.03. The Balaban J connectivity index is 3.92. The van der Waals surface area contributed by atoms with Crippen molar-refractivity contribution in [1.82, 2.24) is 10.2 Å². The quantitative estimate of drug-likeness (QED) is 0.676. The normalized spacial score (nSPS) is 13.5. The number of nitrogens with two attached hydrogens (primary N) is 1. The maximum atomic E-state index is 11.6. The fraction of sp³-hybridized carbons (Fsp3) is 0.923. The number of carbonyl (C=O) groups is 1. The molecule has 0 rings (SSSR count). The third-order valence-corrected chi connectivity index (χ3v) is 2.93. The highest BCUT2D eigenvalue weighted by molar-refractivity contribution is 5.81. The fourth-order valence-corrected chi connectivity index (χ4v) is 1.99. The lowest BCUT2D eigenvalue weighted by Gasteiger charge is -2.30. The van der Waals surface area contributed by atoms with Gasteiger partial charge in [0.1, 0.15) is 0 Å². The largest absolute Gasteiger partial charge is 0.353 e. The lowest BCUT2D eigenvalue weighted by molar-refractivity contribution is -0.122. The Morgan fingerprint density at radius 3 is 2.18 bits per heavy atom. The van der Waals surface area contributed by atoms with Gasteiger partial charge in [0.05, 0.1) is 6.04 Å². The van der Waals surface area contributed by atoms with E-state index in [4.69, 9.17) is 5.73 Å². The Morgan fingerprint density at radius 2 is 1.76 bits per heavy atom. The van der Waals surface area contributed by atoms with E-state index in [9.17, 15) is 4.79 Å². The maximum absolute atomic E-state index is 11.6. The molecule has 0 saturated carbocycles. The molecule has 1 atom stereocenters. The van der Waals surface area contributed by atoms with Crippen LogP contribution in [0.4, 0.5) is 0 Å². The molecule has 0 aliphatic heterocycles. The molecule has 102 valence electrons. The monoisotopic (exact) mass is 243 g/mol. The number of nitrogens with zero attached hydrogens (tertiary/aromatic N) is 1. The van der Waals surface area contributed by atoms with E-state index in [2.05, 4.69) is 37.9 Å². The molecule has 0 saturated heterocycles. The minimum absolute atomic E-state index is 0.0284. The second-order valence-electron chi connectivity index (χ2n) is 5.11. The first-order valence-electron chi connectivity index (χ1n) is 6.69. The average Bonchev–Trinajstić information content (AvgIpc) is 2.23. The van der Waals surface area contributed by atoms with Crippen LogP contribution in [0.5, 0.6) is 0 Å². The Hall–Kier alpha value is -0.610. The molecular weight excluding hydrogens is 214 g/mol. The van der Waals surface area contributed by atoms with Crippen LogP contribution in [0.3, 0.4) is 0 Å². The van der Waals surface area contributed by atoms with Gasteiger partial charge < -0.3 is 11.1 Å². The second kappa shape index (κ2) is 8.48. The molecule has 0 bridgehead atoms. The van der Waals surface area contributed by atoms with Crippen LogP contribution in [0.1, 0.15) is 47.5 Å². The lowest BCUT2D eigenvalue weighted by atomic mass is 10.1. The molecule has 1 unspecified atom stereocenters. The van der Waals surface area contributed by atoms with E-state index in [1.165, 1.54) is 0 Å². The first-order chi connectivity index (χ1) is 7.90. The van der Waals surface area contributed by atoms with Crippen molar-refractivity contribution in [2.24, 2.45) is 5.73 Å². The number of nitrogens with one attached hydrogen (secondary N) is 1. The van der Waals surface area contributed by atoms with Crippen LogP contribution in [0.2, 0.25) is 0 Å². The van der Waals surface area contributed by atoms with Gasteiger partial charge in [-0.05, 0) is 34.1 Å². The minimum Gasteiger partial charge on any atom is -0.353 e. The van der Waals surface area contributed by atoms with Crippen molar-refractivity contribution in [2.45, 2.75) is 65.6 Å². The molecule has 0 radical (unpaired) electrons. The van der Waals surface area contributed by atoms with Gasteiger partial charge in [-0.2, -0.15) is 0 Å². The predicted molar refractivity (Wildman–Crippen MR) is 72.9 cm³/mol. The molecule has 0 heterocycles. The Bertz CT molecular complexity index is 209. The molecule has 0 aliphatic carbocycles. The molecule has 0 spiro atoms. The van der Waals surface area contributed by atoms with E-state index in [0.717, 1.165) is 19.4 Å².